The summed E-state index contributed by atoms with van der Waals surface area (Å²) in [7, 11) is 0. The molecule has 1 unspecified atom stereocenters. The van der Waals surface area contributed by atoms with Gasteiger partial charge in [0.1, 0.15) is 0 Å². The standard InChI is InChI=1S/C18H28N2O3/c1-10(2)20-18(23)15(19)9-7-6-8-14-13(5)16(21)11(3)12(4)17(14)22/h10,15H,6-9,19H2,1-5H3,(H,20,23). The predicted octanol–water partition coefficient (Wildman–Crippen LogP) is 2.20. The summed E-state index contributed by atoms with van der Waals surface area (Å²) in [5.74, 6) is -0.208. The molecule has 0 aromatic heterocycles. The van der Waals surface area contributed by atoms with E-state index in [1.165, 1.54) is 0 Å². The zero-order chi connectivity index (χ0) is 17.7. The molecule has 5 heteroatoms. The first-order valence-corrected chi connectivity index (χ1v) is 8.19. The van der Waals surface area contributed by atoms with Crippen molar-refractivity contribution in [2.24, 2.45) is 5.73 Å². The number of carbonyl (C=O) groups is 3. The van der Waals surface area contributed by atoms with E-state index in [0.717, 1.165) is 12.8 Å². The Morgan fingerprint density at radius 2 is 1.57 bits per heavy atom. The highest BCUT2D eigenvalue weighted by molar-refractivity contribution is 6.24. The van der Waals surface area contributed by atoms with E-state index in [0.29, 0.717) is 35.1 Å². The van der Waals surface area contributed by atoms with Gasteiger partial charge in [-0.2, -0.15) is 0 Å². The summed E-state index contributed by atoms with van der Waals surface area (Å²) in [5.41, 5.74) is 8.10. The van der Waals surface area contributed by atoms with Gasteiger partial charge in [-0.25, -0.2) is 0 Å². The lowest BCUT2D eigenvalue weighted by Crippen LogP contribution is -2.43. The van der Waals surface area contributed by atoms with Crippen LogP contribution in [0.1, 0.15) is 60.3 Å². The number of unbranched alkanes of at least 4 members (excludes halogenated alkanes) is 1. The van der Waals surface area contributed by atoms with Gasteiger partial charge in [0.05, 0.1) is 6.04 Å². The maximum absolute atomic E-state index is 12.3. The maximum Gasteiger partial charge on any atom is 0.237 e. The van der Waals surface area contributed by atoms with Crippen LogP contribution in [0.25, 0.3) is 0 Å². The van der Waals surface area contributed by atoms with Crippen LogP contribution in [0, 0.1) is 0 Å². The van der Waals surface area contributed by atoms with Crippen LogP contribution in [-0.4, -0.2) is 29.6 Å². The number of nitrogens with one attached hydrogen (secondary N) is 1. The van der Waals surface area contributed by atoms with Crippen LogP contribution in [0.2, 0.25) is 0 Å². The smallest absolute Gasteiger partial charge is 0.237 e. The van der Waals surface area contributed by atoms with Gasteiger partial charge in [-0.3, -0.25) is 14.4 Å². The van der Waals surface area contributed by atoms with Crippen molar-refractivity contribution in [1.82, 2.24) is 5.32 Å². The van der Waals surface area contributed by atoms with Gasteiger partial charge in [0.15, 0.2) is 11.6 Å². The van der Waals surface area contributed by atoms with Crippen molar-refractivity contribution in [3.05, 3.63) is 22.3 Å². The molecule has 0 saturated carbocycles. The number of ketones is 2. The van der Waals surface area contributed by atoms with Crippen LogP contribution < -0.4 is 11.1 Å². The van der Waals surface area contributed by atoms with Crippen molar-refractivity contribution in [2.45, 2.75) is 72.4 Å². The summed E-state index contributed by atoms with van der Waals surface area (Å²) < 4.78 is 0. The average molecular weight is 320 g/mol. The molecule has 1 atom stereocenters. The second kappa shape index (κ2) is 8.20. The molecule has 0 aromatic carbocycles. The molecule has 0 radical (unpaired) electrons. The summed E-state index contributed by atoms with van der Waals surface area (Å²) in [5, 5.41) is 2.79. The molecule has 0 aromatic rings. The minimum Gasteiger partial charge on any atom is -0.353 e. The third-order valence-corrected chi connectivity index (χ3v) is 4.27. The van der Waals surface area contributed by atoms with Crippen molar-refractivity contribution >= 4 is 17.5 Å². The highest BCUT2D eigenvalue weighted by atomic mass is 16.2. The molecular formula is C18H28N2O3. The second-order valence-electron chi connectivity index (χ2n) is 6.53. The van der Waals surface area contributed by atoms with Gasteiger partial charge >= 0.3 is 0 Å². The van der Waals surface area contributed by atoms with Crippen molar-refractivity contribution < 1.29 is 14.4 Å². The molecule has 1 amide bonds. The van der Waals surface area contributed by atoms with Gasteiger partial charge in [0.2, 0.25) is 5.91 Å². The summed E-state index contributed by atoms with van der Waals surface area (Å²) >= 11 is 0. The number of rotatable bonds is 7. The van der Waals surface area contributed by atoms with Crippen molar-refractivity contribution in [2.75, 3.05) is 0 Å². The van der Waals surface area contributed by atoms with Crippen LogP contribution in [0.5, 0.6) is 0 Å². The fourth-order valence-electron chi connectivity index (χ4n) is 2.65. The molecule has 0 spiro atoms. The van der Waals surface area contributed by atoms with Gasteiger partial charge in [-0.15, -0.1) is 0 Å². The Bertz CT molecular complexity index is 571. The first-order chi connectivity index (χ1) is 10.7. The highest BCUT2D eigenvalue weighted by Gasteiger charge is 2.27. The summed E-state index contributed by atoms with van der Waals surface area (Å²) in [6.07, 6.45) is 2.60. The van der Waals surface area contributed by atoms with Gasteiger partial charge < -0.3 is 11.1 Å². The largest absolute Gasteiger partial charge is 0.353 e. The molecule has 1 aliphatic carbocycles. The van der Waals surface area contributed by atoms with Gasteiger partial charge in [0.25, 0.3) is 0 Å². The molecule has 3 N–H and O–H groups in total. The molecular weight excluding hydrogens is 292 g/mol. The van der Waals surface area contributed by atoms with Crippen LogP contribution in [0.4, 0.5) is 0 Å². The first-order valence-electron chi connectivity index (χ1n) is 8.19. The zero-order valence-electron chi connectivity index (χ0n) is 14.8. The van der Waals surface area contributed by atoms with Gasteiger partial charge in [-0.05, 0) is 53.9 Å². The lowest BCUT2D eigenvalue weighted by Gasteiger charge is -2.19. The SMILES string of the molecule is CC1=C(C)C(=O)C(CCCCC(N)C(=O)NC(C)C)=C(C)C1=O. The molecule has 0 bridgehead atoms. The average Bonchev–Trinajstić information content (AvgIpc) is 2.49. The Morgan fingerprint density at radius 3 is 2.13 bits per heavy atom. The molecule has 23 heavy (non-hydrogen) atoms. The van der Waals surface area contributed by atoms with Gasteiger partial charge in [0, 0.05) is 28.3 Å². The molecule has 128 valence electrons. The second-order valence-corrected chi connectivity index (χ2v) is 6.53. The van der Waals surface area contributed by atoms with Crippen LogP contribution in [0.15, 0.2) is 22.3 Å². The van der Waals surface area contributed by atoms with E-state index in [1.807, 2.05) is 13.8 Å². The molecule has 5 nitrogen and oxygen atoms in total. The van der Waals surface area contributed by atoms with E-state index in [4.69, 9.17) is 5.73 Å². The minimum absolute atomic E-state index is 0.0264. The number of hydrogen-bond acceptors (Lipinski definition) is 4. The number of allylic oxidation sites excluding steroid dienone is 4. The van der Waals surface area contributed by atoms with Crippen molar-refractivity contribution in [1.29, 1.82) is 0 Å². The highest BCUT2D eigenvalue weighted by Crippen LogP contribution is 2.27. The molecule has 1 aliphatic rings. The summed E-state index contributed by atoms with van der Waals surface area (Å²) in [6, 6.07) is -0.453. The van der Waals surface area contributed by atoms with E-state index in [2.05, 4.69) is 5.32 Å². The van der Waals surface area contributed by atoms with Crippen molar-refractivity contribution in [3.8, 4) is 0 Å². The predicted molar refractivity (Wildman–Crippen MR) is 90.8 cm³/mol. The molecule has 0 saturated heterocycles. The number of carbonyl (C=O) groups excluding carboxylic acids is 3. The Balaban J connectivity index is 2.52. The number of nitrogens with two attached hydrogens (primary N) is 1. The lowest BCUT2D eigenvalue weighted by molar-refractivity contribution is -0.123. The third-order valence-electron chi connectivity index (χ3n) is 4.27. The topological polar surface area (TPSA) is 89.3 Å². The Hall–Kier alpha value is -1.75. The van der Waals surface area contributed by atoms with E-state index < -0.39 is 6.04 Å². The van der Waals surface area contributed by atoms with Crippen LogP contribution >= 0.6 is 0 Å². The zero-order valence-corrected chi connectivity index (χ0v) is 14.8. The van der Waals surface area contributed by atoms with E-state index in [9.17, 15) is 14.4 Å². The Morgan fingerprint density at radius 1 is 1.00 bits per heavy atom. The minimum atomic E-state index is -0.528. The third kappa shape index (κ3) is 4.86. The van der Waals surface area contributed by atoms with E-state index >= 15 is 0 Å². The summed E-state index contributed by atoms with van der Waals surface area (Å²) in [4.78, 5) is 36.1. The lowest BCUT2D eigenvalue weighted by atomic mass is 9.84. The number of hydrogen-bond donors (Lipinski definition) is 2. The van der Waals surface area contributed by atoms with Gasteiger partial charge in [-0.1, -0.05) is 6.42 Å². The van der Waals surface area contributed by atoms with E-state index in [1.54, 1.807) is 20.8 Å². The maximum atomic E-state index is 12.3. The fourth-order valence-corrected chi connectivity index (χ4v) is 2.65. The van der Waals surface area contributed by atoms with Crippen molar-refractivity contribution in [3.63, 3.8) is 0 Å². The molecule has 0 aliphatic heterocycles. The van der Waals surface area contributed by atoms with E-state index in [-0.39, 0.29) is 23.5 Å². The number of amides is 1. The number of Topliss-reactive ketones (excluding diaryl/α,β-unsaturated/α-hetero) is 2. The first kappa shape index (κ1) is 19.3. The quantitative estimate of drug-likeness (QED) is 0.556. The fraction of sp³-hybridized carbons (Fsp3) is 0.611. The summed E-state index contributed by atoms with van der Waals surface area (Å²) in [6.45, 7) is 8.90. The van der Waals surface area contributed by atoms with Crippen LogP contribution in [0.3, 0.4) is 0 Å². The molecule has 1 rings (SSSR count). The Kier molecular flexibility index (Phi) is 6.88. The monoisotopic (exact) mass is 320 g/mol. The Labute approximate surface area is 138 Å². The normalized spacial score (nSPS) is 17.2. The molecule has 0 fully saturated rings. The van der Waals surface area contributed by atoms with Crippen LogP contribution in [-0.2, 0) is 14.4 Å². The molecule has 0 heterocycles.